The van der Waals surface area contributed by atoms with E-state index in [9.17, 15) is 4.79 Å². The van der Waals surface area contributed by atoms with E-state index in [1.54, 1.807) is 36.4 Å². The van der Waals surface area contributed by atoms with E-state index in [1.165, 1.54) is 11.3 Å². The summed E-state index contributed by atoms with van der Waals surface area (Å²) < 4.78 is 0. The third-order valence-corrected chi connectivity index (χ3v) is 5.31. The van der Waals surface area contributed by atoms with E-state index in [0.717, 1.165) is 11.3 Å². The number of rotatable bonds is 4. The predicted octanol–water partition coefficient (Wildman–Crippen LogP) is 6.26. The van der Waals surface area contributed by atoms with E-state index in [4.69, 9.17) is 34.8 Å². The molecule has 1 N–H and O–H groups in total. The number of carbonyl (C=O) groups excluding carboxylic acids is 1. The van der Waals surface area contributed by atoms with Gasteiger partial charge in [-0.2, -0.15) is 0 Å². The molecule has 0 aliphatic rings. The molecule has 25 heavy (non-hydrogen) atoms. The van der Waals surface area contributed by atoms with Gasteiger partial charge in [-0.15, -0.1) is 11.3 Å². The molecule has 0 unspecified atom stereocenters. The minimum absolute atomic E-state index is 0.146. The van der Waals surface area contributed by atoms with E-state index in [-0.39, 0.29) is 12.3 Å². The molecular formula is C18H13Cl3N2OS. The van der Waals surface area contributed by atoms with Crippen molar-refractivity contribution >= 4 is 57.7 Å². The first-order valence-electron chi connectivity index (χ1n) is 7.39. The number of halogens is 3. The Kier molecular flexibility index (Phi) is 5.64. The van der Waals surface area contributed by atoms with Gasteiger partial charge in [-0.05, 0) is 42.8 Å². The van der Waals surface area contributed by atoms with Gasteiger partial charge in [0.05, 0.1) is 22.2 Å². The normalized spacial score (nSPS) is 10.7. The van der Waals surface area contributed by atoms with Gasteiger partial charge in [-0.25, -0.2) is 4.98 Å². The number of anilines is 1. The van der Waals surface area contributed by atoms with Crippen LogP contribution in [0, 0.1) is 6.92 Å². The zero-order valence-corrected chi connectivity index (χ0v) is 16.2. The molecule has 128 valence electrons. The first-order valence-corrected chi connectivity index (χ1v) is 9.40. The van der Waals surface area contributed by atoms with Gasteiger partial charge in [-0.3, -0.25) is 4.79 Å². The molecule has 0 saturated heterocycles. The number of thiazole rings is 1. The van der Waals surface area contributed by atoms with E-state index >= 15 is 0 Å². The first-order chi connectivity index (χ1) is 11.9. The van der Waals surface area contributed by atoms with Gasteiger partial charge in [0.25, 0.3) is 0 Å². The fraction of sp³-hybridized carbons (Fsp3) is 0.111. The van der Waals surface area contributed by atoms with Gasteiger partial charge in [0.15, 0.2) is 0 Å². The fourth-order valence-electron chi connectivity index (χ4n) is 2.33. The maximum absolute atomic E-state index is 12.3. The Hall–Kier alpha value is -1.59. The topological polar surface area (TPSA) is 42.0 Å². The summed E-state index contributed by atoms with van der Waals surface area (Å²) in [5, 5.41) is 7.11. The van der Waals surface area contributed by atoms with Crippen LogP contribution in [0.25, 0.3) is 10.6 Å². The van der Waals surface area contributed by atoms with Crippen molar-refractivity contribution in [2.24, 2.45) is 0 Å². The van der Waals surface area contributed by atoms with Crippen molar-refractivity contribution in [3.63, 3.8) is 0 Å². The monoisotopic (exact) mass is 410 g/mol. The Morgan fingerprint density at radius 1 is 1.16 bits per heavy atom. The smallest absolute Gasteiger partial charge is 0.230 e. The second-order valence-electron chi connectivity index (χ2n) is 5.42. The molecule has 1 heterocycles. The van der Waals surface area contributed by atoms with Crippen molar-refractivity contribution in [1.82, 2.24) is 4.98 Å². The molecule has 0 saturated carbocycles. The number of hydrogen-bond donors (Lipinski definition) is 1. The van der Waals surface area contributed by atoms with E-state index in [2.05, 4.69) is 10.3 Å². The maximum Gasteiger partial charge on any atom is 0.230 e. The number of aromatic nitrogens is 1. The molecular weight excluding hydrogens is 399 g/mol. The maximum atomic E-state index is 12.3. The lowest BCUT2D eigenvalue weighted by Crippen LogP contribution is -2.15. The largest absolute Gasteiger partial charge is 0.326 e. The van der Waals surface area contributed by atoms with Crippen molar-refractivity contribution in [3.05, 3.63) is 68.1 Å². The molecule has 0 radical (unpaired) electrons. The molecule has 3 rings (SSSR count). The molecule has 0 bridgehead atoms. The Labute approximate surface area is 164 Å². The molecule has 3 aromatic rings. The van der Waals surface area contributed by atoms with Crippen molar-refractivity contribution in [2.75, 3.05) is 5.32 Å². The second-order valence-corrected chi connectivity index (χ2v) is 7.53. The van der Waals surface area contributed by atoms with Crippen molar-refractivity contribution in [2.45, 2.75) is 13.3 Å². The van der Waals surface area contributed by atoms with E-state index < -0.39 is 0 Å². The summed E-state index contributed by atoms with van der Waals surface area (Å²) in [6.45, 7) is 1.89. The van der Waals surface area contributed by atoms with Crippen LogP contribution in [-0.4, -0.2) is 10.9 Å². The highest BCUT2D eigenvalue weighted by Gasteiger charge is 2.14. The number of hydrogen-bond acceptors (Lipinski definition) is 3. The van der Waals surface area contributed by atoms with Crippen molar-refractivity contribution in [3.8, 4) is 10.6 Å². The summed E-state index contributed by atoms with van der Waals surface area (Å²) in [6, 6.07) is 10.6. The number of nitrogens with one attached hydrogen (secondary N) is 1. The Morgan fingerprint density at radius 3 is 2.56 bits per heavy atom. The van der Waals surface area contributed by atoms with E-state index in [1.807, 2.05) is 12.3 Å². The van der Waals surface area contributed by atoms with Crippen LogP contribution in [-0.2, 0) is 11.2 Å². The van der Waals surface area contributed by atoms with Crippen molar-refractivity contribution in [1.29, 1.82) is 0 Å². The van der Waals surface area contributed by atoms with Crippen LogP contribution in [0.4, 0.5) is 5.69 Å². The third-order valence-electron chi connectivity index (χ3n) is 3.53. The summed E-state index contributed by atoms with van der Waals surface area (Å²) in [4.78, 5) is 16.8. The molecule has 0 spiro atoms. The molecule has 2 aromatic carbocycles. The molecule has 0 aliphatic carbocycles. The minimum Gasteiger partial charge on any atom is -0.326 e. The van der Waals surface area contributed by atoms with Gasteiger partial charge in [0.1, 0.15) is 5.01 Å². The molecule has 0 atom stereocenters. The summed E-state index contributed by atoms with van der Waals surface area (Å²) >= 11 is 19.8. The average Bonchev–Trinajstić information content (AvgIpc) is 2.98. The van der Waals surface area contributed by atoms with Crippen LogP contribution < -0.4 is 5.32 Å². The number of amides is 1. The molecule has 1 amide bonds. The van der Waals surface area contributed by atoms with Gasteiger partial charge >= 0.3 is 0 Å². The highest BCUT2D eigenvalue weighted by Crippen LogP contribution is 2.36. The number of nitrogens with zero attached hydrogens (tertiary/aromatic N) is 1. The summed E-state index contributed by atoms with van der Waals surface area (Å²) in [5.74, 6) is -0.146. The highest BCUT2D eigenvalue weighted by molar-refractivity contribution is 7.13. The van der Waals surface area contributed by atoms with Gasteiger partial charge < -0.3 is 5.32 Å². The average molecular weight is 412 g/mol. The van der Waals surface area contributed by atoms with Gasteiger partial charge in [0, 0.05) is 21.7 Å². The molecule has 1 aromatic heterocycles. The predicted molar refractivity (Wildman–Crippen MR) is 106 cm³/mol. The lowest BCUT2D eigenvalue weighted by molar-refractivity contribution is -0.115. The van der Waals surface area contributed by atoms with Crippen LogP contribution in [0.15, 0.2) is 41.8 Å². The SMILES string of the molecule is Cc1cc(Cl)ccc1NC(=O)Cc1csc(-c2c(Cl)cccc2Cl)n1. The Balaban J connectivity index is 1.74. The summed E-state index contributed by atoms with van der Waals surface area (Å²) in [6.07, 6.45) is 0.167. The van der Waals surface area contributed by atoms with Crippen LogP contribution in [0.2, 0.25) is 15.1 Å². The standard InChI is InChI=1S/C18H13Cl3N2OS/c1-10-7-11(19)5-6-15(10)23-16(24)8-12-9-25-18(22-12)17-13(20)3-2-4-14(17)21/h2-7,9H,8H2,1H3,(H,23,24). The molecule has 0 fully saturated rings. The fourth-order valence-corrected chi connectivity index (χ4v) is 4.14. The Bertz CT molecular complexity index is 920. The van der Waals surface area contributed by atoms with Crippen molar-refractivity contribution < 1.29 is 4.79 Å². The summed E-state index contributed by atoms with van der Waals surface area (Å²) in [5.41, 5.74) is 3.00. The third kappa shape index (κ3) is 4.33. The zero-order valence-electron chi connectivity index (χ0n) is 13.1. The lowest BCUT2D eigenvalue weighted by atomic mass is 10.2. The van der Waals surface area contributed by atoms with E-state index in [0.29, 0.717) is 31.3 Å². The highest BCUT2D eigenvalue weighted by atomic mass is 35.5. The lowest BCUT2D eigenvalue weighted by Gasteiger charge is -2.08. The summed E-state index contributed by atoms with van der Waals surface area (Å²) in [7, 11) is 0. The van der Waals surface area contributed by atoms with Crippen LogP contribution >= 0.6 is 46.1 Å². The minimum atomic E-state index is -0.146. The number of aryl methyl sites for hydroxylation is 1. The second kappa shape index (κ2) is 7.75. The van der Waals surface area contributed by atoms with Gasteiger partial charge in [0.2, 0.25) is 5.91 Å². The zero-order chi connectivity index (χ0) is 18.0. The number of carbonyl (C=O) groups is 1. The quantitative estimate of drug-likeness (QED) is 0.550. The number of benzene rings is 2. The first kappa shape index (κ1) is 18.2. The van der Waals surface area contributed by atoms with Crippen LogP contribution in [0.5, 0.6) is 0 Å². The molecule has 3 nitrogen and oxygen atoms in total. The van der Waals surface area contributed by atoms with Gasteiger partial charge in [-0.1, -0.05) is 40.9 Å². The van der Waals surface area contributed by atoms with Crippen LogP contribution in [0.3, 0.4) is 0 Å². The van der Waals surface area contributed by atoms with Crippen LogP contribution in [0.1, 0.15) is 11.3 Å². The Morgan fingerprint density at radius 2 is 1.88 bits per heavy atom. The molecule has 0 aliphatic heterocycles. The molecule has 7 heteroatoms.